The maximum atomic E-state index is 14.9. The zero-order valence-corrected chi connectivity index (χ0v) is 14.4. The van der Waals surface area contributed by atoms with Crippen molar-refractivity contribution in [2.45, 2.75) is 45.3 Å². The molecule has 25 heavy (non-hydrogen) atoms. The van der Waals surface area contributed by atoms with Crippen LogP contribution >= 0.6 is 0 Å². The van der Waals surface area contributed by atoms with E-state index in [9.17, 15) is 13.2 Å². The first-order valence-corrected chi connectivity index (χ1v) is 8.80. The highest BCUT2D eigenvalue weighted by atomic mass is 19.3. The van der Waals surface area contributed by atoms with Crippen LogP contribution in [0, 0.1) is 24.6 Å². The summed E-state index contributed by atoms with van der Waals surface area (Å²) < 4.78 is 48.0. The molecule has 0 radical (unpaired) electrons. The highest BCUT2D eigenvalue weighted by molar-refractivity contribution is 5.66. The van der Waals surface area contributed by atoms with Crippen molar-refractivity contribution < 1.29 is 17.9 Å². The molecule has 1 aliphatic heterocycles. The van der Waals surface area contributed by atoms with Gasteiger partial charge in [0, 0.05) is 11.5 Å². The molecule has 0 bridgehead atoms. The van der Waals surface area contributed by atoms with Crippen molar-refractivity contribution in [1.29, 1.82) is 0 Å². The SMILES string of the molecule is Cc1ccc(-c2cc(F)c3c(c2)CCC2CC(C)C(F)(F)OC32)cc1. The fourth-order valence-corrected chi connectivity index (χ4v) is 4.11. The van der Waals surface area contributed by atoms with Crippen LogP contribution in [0.5, 0.6) is 0 Å². The monoisotopic (exact) mass is 346 g/mol. The first-order valence-electron chi connectivity index (χ1n) is 8.80. The van der Waals surface area contributed by atoms with Gasteiger partial charge in [0.15, 0.2) is 0 Å². The molecule has 0 saturated carbocycles. The molecule has 2 aromatic rings. The lowest BCUT2D eigenvalue weighted by molar-refractivity contribution is -0.327. The molecule has 1 aliphatic carbocycles. The molecule has 2 aliphatic rings. The molecule has 1 fully saturated rings. The zero-order valence-electron chi connectivity index (χ0n) is 14.4. The molecule has 1 saturated heterocycles. The number of ether oxygens (including phenoxy) is 1. The number of benzene rings is 2. The van der Waals surface area contributed by atoms with Crippen molar-refractivity contribution in [3.8, 4) is 11.1 Å². The van der Waals surface area contributed by atoms with Crippen LogP contribution in [0.4, 0.5) is 13.2 Å². The summed E-state index contributed by atoms with van der Waals surface area (Å²) in [7, 11) is 0. The Kier molecular flexibility index (Phi) is 3.91. The average molecular weight is 346 g/mol. The van der Waals surface area contributed by atoms with E-state index in [0.717, 1.165) is 28.7 Å². The Balaban J connectivity index is 1.74. The third kappa shape index (κ3) is 2.86. The fraction of sp³-hybridized carbons (Fsp3) is 0.429. The van der Waals surface area contributed by atoms with Gasteiger partial charge >= 0.3 is 6.11 Å². The van der Waals surface area contributed by atoms with Crippen LogP contribution in [-0.2, 0) is 11.2 Å². The zero-order chi connectivity index (χ0) is 17.8. The summed E-state index contributed by atoms with van der Waals surface area (Å²) >= 11 is 0. The van der Waals surface area contributed by atoms with E-state index in [1.54, 1.807) is 0 Å². The van der Waals surface area contributed by atoms with Crippen LogP contribution in [0.25, 0.3) is 11.1 Å². The molecule has 4 heteroatoms. The van der Waals surface area contributed by atoms with E-state index in [1.807, 2.05) is 37.3 Å². The second kappa shape index (κ2) is 5.87. The summed E-state index contributed by atoms with van der Waals surface area (Å²) in [5.41, 5.74) is 3.97. The van der Waals surface area contributed by atoms with Gasteiger partial charge in [0.1, 0.15) is 5.82 Å². The molecule has 0 aromatic heterocycles. The average Bonchev–Trinajstić information content (AvgIpc) is 2.56. The number of hydrogen-bond acceptors (Lipinski definition) is 1. The van der Waals surface area contributed by atoms with Gasteiger partial charge in [-0.05, 0) is 54.9 Å². The van der Waals surface area contributed by atoms with Gasteiger partial charge < -0.3 is 4.74 Å². The lowest BCUT2D eigenvalue weighted by Gasteiger charge is -2.43. The normalized spacial score (nSPS) is 27.5. The Morgan fingerprint density at radius 2 is 1.80 bits per heavy atom. The molecule has 1 nitrogen and oxygen atoms in total. The first-order chi connectivity index (χ1) is 11.8. The van der Waals surface area contributed by atoms with Crippen molar-refractivity contribution in [3.63, 3.8) is 0 Å². The Labute approximate surface area is 145 Å². The maximum absolute atomic E-state index is 14.9. The largest absolute Gasteiger partial charge is 0.358 e. The van der Waals surface area contributed by atoms with Gasteiger partial charge in [0.25, 0.3) is 0 Å². The van der Waals surface area contributed by atoms with E-state index in [0.29, 0.717) is 18.4 Å². The summed E-state index contributed by atoms with van der Waals surface area (Å²) in [6, 6.07) is 11.2. The van der Waals surface area contributed by atoms with Gasteiger partial charge in [-0.25, -0.2) is 4.39 Å². The van der Waals surface area contributed by atoms with Crippen LogP contribution in [0.3, 0.4) is 0 Å². The lowest BCUT2D eigenvalue weighted by atomic mass is 9.74. The summed E-state index contributed by atoms with van der Waals surface area (Å²) in [5, 5.41) is 0. The van der Waals surface area contributed by atoms with E-state index in [-0.39, 0.29) is 5.92 Å². The highest BCUT2D eigenvalue weighted by Crippen LogP contribution is 2.51. The topological polar surface area (TPSA) is 9.23 Å². The van der Waals surface area contributed by atoms with E-state index in [2.05, 4.69) is 0 Å². The molecule has 3 unspecified atom stereocenters. The van der Waals surface area contributed by atoms with Crippen molar-refractivity contribution in [1.82, 2.24) is 0 Å². The Bertz CT molecular complexity index is 798. The molecular formula is C21H21F3O. The van der Waals surface area contributed by atoms with Gasteiger partial charge in [-0.1, -0.05) is 42.8 Å². The number of hydrogen-bond donors (Lipinski definition) is 0. The van der Waals surface area contributed by atoms with Gasteiger partial charge in [-0.3, -0.25) is 0 Å². The summed E-state index contributed by atoms with van der Waals surface area (Å²) in [6.07, 6.45) is -2.21. The van der Waals surface area contributed by atoms with Gasteiger partial charge in [-0.15, -0.1) is 0 Å². The quantitative estimate of drug-likeness (QED) is 0.610. The predicted molar refractivity (Wildman–Crippen MR) is 90.9 cm³/mol. The molecule has 1 heterocycles. The van der Waals surface area contributed by atoms with E-state index in [1.165, 1.54) is 13.0 Å². The molecule has 0 spiro atoms. The van der Waals surface area contributed by atoms with Gasteiger partial charge in [-0.2, -0.15) is 8.78 Å². The van der Waals surface area contributed by atoms with Gasteiger partial charge in [0.2, 0.25) is 0 Å². The second-order valence-electron chi connectivity index (χ2n) is 7.43. The van der Waals surface area contributed by atoms with Crippen LogP contribution in [-0.4, -0.2) is 6.11 Å². The smallest absolute Gasteiger partial charge is 0.312 e. The van der Waals surface area contributed by atoms with Crippen molar-refractivity contribution >= 4 is 0 Å². The Morgan fingerprint density at radius 3 is 2.52 bits per heavy atom. The minimum absolute atomic E-state index is 0.0400. The van der Waals surface area contributed by atoms with E-state index < -0.39 is 23.9 Å². The fourth-order valence-electron chi connectivity index (χ4n) is 4.11. The summed E-state index contributed by atoms with van der Waals surface area (Å²) in [4.78, 5) is 0. The lowest BCUT2D eigenvalue weighted by Crippen LogP contribution is -2.42. The number of aryl methyl sites for hydroxylation is 2. The Morgan fingerprint density at radius 1 is 1.08 bits per heavy atom. The van der Waals surface area contributed by atoms with Crippen molar-refractivity contribution in [2.75, 3.05) is 0 Å². The molecular weight excluding hydrogens is 325 g/mol. The van der Waals surface area contributed by atoms with Crippen molar-refractivity contribution in [3.05, 3.63) is 58.9 Å². The van der Waals surface area contributed by atoms with Crippen LogP contribution < -0.4 is 0 Å². The third-order valence-corrected chi connectivity index (χ3v) is 5.61. The minimum atomic E-state index is -3.20. The first kappa shape index (κ1) is 16.6. The highest BCUT2D eigenvalue weighted by Gasteiger charge is 2.50. The van der Waals surface area contributed by atoms with Gasteiger partial charge in [0.05, 0.1) is 6.10 Å². The third-order valence-electron chi connectivity index (χ3n) is 5.61. The number of fused-ring (bicyclic) bond motifs is 3. The molecule has 4 rings (SSSR count). The molecule has 132 valence electrons. The van der Waals surface area contributed by atoms with Crippen molar-refractivity contribution in [2.24, 2.45) is 11.8 Å². The minimum Gasteiger partial charge on any atom is -0.312 e. The molecule has 2 aromatic carbocycles. The molecule has 3 atom stereocenters. The maximum Gasteiger partial charge on any atom is 0.358 e. The molecule has 0 N–H and O–H groups in total. The van der Waals surface area contributed by atoms with Crippen LogP contribution in [0.15, 0.2) is 36.4 Å². The summed E-state index contributed by atoms with van der Waals surface area (Å²) in [6.45, 7) is 3.50. The van der Waals surface area contributed by atoms with E-state index >= 15 is 0 Å². The second-order valence-corrected chi connectivity index (χ2v) is 7.43. The summed E-state index contributed by atoms with van der Waals surface area (Å²) in [5.74, 6) is -1.31. The predicted octanol–water partition coefficient (Wildman–Crippen LogP) is 6.05. The number of halogens is 3. The van der Waals surface area contributed by atoms with Crippen LogP contribution in [0.1, 0.15) is 42.6 Å². The van der Waals surface area contributed by atoms with Crippen LogP contribution in [0.2, 0.25) is 0 Å². The standard InChI is InChI=1S/C21H21F3O/c1-12-3-5-14(6-4-12)17-10-15-7-8-16-9-13(2)21(23,24)25-20(16)19(15)18(22)11-17/h3-6,10-11,13,16,20H,7-9H2,1-2H3. The van der Waals surface area contributed by atoms with E-state index in [4.69, 9.17) is 4.74 Å². The number of alkyl halides is 2. The number of rotatable bonds is 1. The molecule has 0 amide bonds. The Hall–Kier alpha value is -1.81.